The minimum atomic E-state index is -0.105. The summed E-state index contributed by atoms with van der Waals surface area (Å²) in [6.07, 6.45) is 1.37. The Morgan fingerprint density at radius 3 is 2.56 bits per heavy atom. The Labute approximate surface area is 159 Å². The molecule has 0 saturated carbocycles. The Morgan fingerprint density at radius 1 is 1.11 bits per heavy atom. The summed E-state index contributed by atoms with van der Waals surface area (Å²) in [6, 6.07) is 17.6. The number of nitrogens with zero attached hydrogens (tertiary/aromatic N) is 1. The van der Waals surface area contributed by atoms with Gasteiger partial charge in [0.2, 0.25) is 5.91 Å². The van der Waals surface area contributed by atoms with Gasteiger partial charge < -0.3 is 14.8 Å². The quantitative estimate of drug-likeness (QED) is 0.802. The molecular weight excluding hydrogens is 340 g/mol. The lowest BCUT2D eigenvalue weighted by Crippen LogP contribution is -2.29. The molecule has 140 valence electrons. The first-order valence-electron chi connectivity index (χ1n) is 9.32. The predicted molar refractivity (Wildman–Crippen MR) is 103 cm³/mol. The molecule has 3 rings (SSSR count). The molecule has 1 aliphatic heterocycles. The van der Waals surface area contributed by atoms with Crippen LogP contribution in [0.3, 0.4) is 0 Å². The van der Waals surface area contributed by atoms with Crippen LogP contribution in [0.5, 0.6) is 11.5 Å². The van der Waals surface area contributed by atoms with Crippen molar-refractivity contribution < 1.29 is 14.3 Å². The third-order valence-electron chi connectivity index (χ3n) is 4.75. The lowest BCUT2D eigenvalue weighted by atomic mass is 9.92. The second-order valence-electron chi connectivity index (χ2n) is 6.61. The number of ether oxygens (including phenoxy) is 2. The van der Waals surface area contributed by atoms with Crippen molar-refractivity contribution in [3.8, 4) is 17.6 Å². The first-order valence-corrected chi connectivity index (χ1v) is 9.32. The van der Waals surface area contributed by atoms with Crippen molar-refractivity contribution in [3.05, 3.63) is 59.7 Å². The zero-order valence-corrected chi connectivity index (χ0v) is 15.5. The Morgan fingerprint density at radius 2 is 1.85 bits per heavy atom. The standard InChI is InChI=1S/C22H24N2O3/c1-2-19(18-8-9-20-21(14-18)27-13-12-26-20)24-22(25)15-17(10-11-23)16-6-4-3-5-7-16/h3-9,14,17,19H,2,10,12-13,15H2,1H3,(H,24,25). The molecule has 2 aromatic carbocycles. The maximum absolute atomic E-state index is 12.7. The molecule has 1 N–H and O–H groups in total. The van der Waals surface area contributed by atoms with Crippen LogP contribution >= 0.6 is 0 Å². The highest BCUT2D eigenvalue weighted by atomic mass is 16.6. The second-order valence-corrected chi connectivity index (χ2v) is 6.61. The molecule has 2 unspecified atom stereocenters. The van der Waals surface area contributed by atoms with Crippen LogP contribution in [0.15, 0.2) is 48.5 Å². The molecular formula is C22H24N2O3. The summed E-state index contributed by atoms with van der Waals surface area (Å²) >= 11 is 0. The van der Waals surface area contributed by atoms with E-state index in [1.807, 2.05) is 55.5 Å². The van der Waals surface area contributed by atoms with E-state index in [4.69, 9.17) is 14.7 Å². The van der Waals surface area contributed by atoms with E-state index in [0.29, 0.717) is 26.1 Å². The van der Waals surface area contributed by atoms with E-state index in [9.17, 15) is 4.79 Å². The van der Waals surface area contributed by atoms with Crippen molar-refractivity contribution in [1.29, 1.82) is 5.26 Å². The van der Waals surface area contributed by atoms with Gasteiger partial charge in [-0.25, -0.2) is 0 Å². The SMILES string of the molecule is CCC(NC(=O)CC(CC#N)c1ccccc1)c1ccc2c(c1)OCCO2. The molecule has 5 nitrogen and oxygen atoms in total. The second kappa shape index (κ2) is 9.09. The molecule has 0 radical (unpaired) electrons. The summed E-state index contributed by atoms with van der Waals surface area (Å²) in [4.78, 5) is 12.7. The van der Waals surface area contributed by atoms with Gasteiger partial charge in [0, 0.05) is 18.8 Å². The van der Waals surface area contributed by atoms with Gasteiger partial charge in [0.1, 0.15) is 13.2 Å². The topological polar surface area (TPSA) is 71.4 Å². The van der Waals surface area contributed by atoms with Crippen LogP contribution < -0.4 is 14.8 Å². The first kappa shape index (κ1) is 18.8. The number of carbonyl (C=O) groups excluding carboxylic acids is 1. The molecule has 27 heavy (non-hydrogen) atoms. The molecule has 0 aliphatic carbocycles. The first-order chi connectivity index (χ1) is 13.2. The molecule has 1 amide bonds. The van der Waals surface area contributed by atoms with E-state index in [1.165, 1.54) is 0 Å². The smallest absolute Gasteiger partial charge is 0.221 e. The number of fused-ring (bicyclic) bond motifs is 1. The van der Waals surface area contributed by atoms with Gasteiger partial charge in [0.05, 0.1) is 12.1 Å². The zero-order chi connectivity index (χ0) is 19.1. The van der Waals surface area contributed by atoms with Crippen LogP contribution in [0, 0.1) is 11.3 Å². The van der Waals surface area contributed by atoms with E-state index in [-0.39, 0.29) is 17.9 Å². The molecule has 2 aromatic rings. The molecule has 0 aromatic heterocycles. The molecule has 0 spiro atoms. The highest BCUT2D eigenvalue weighted by Crippen LogP contribution is 2.33. The van der Waals surface area contributed by atoms with Gasteiger partial charge in [0.15, 0.2) is 11.5 Å². The van der Waals surface area contributed by atoms with E-state index < -0.39 is 0 Å². The maximum Gasteiger partial charge on any atom is 0.221 e. The van der Waals surface area contributed by atoms with Crippen LogP contribution in [-0.2, 0) is 4.79 Å². The van der Waals surface area contributed by atoms with Crippen molar-refractivity contribution in [3.63, 3.8) is 0 Å². The number of nitrogens with one attached hydrogen (secondary N) is 1. The fourth-order valence-corrected chi connectivity index (χ4v) is 3.32. The molecule has 1 heterocycles. The van der Waals surface area contributed by atoms with E-state index in [1.54, 1.807) is 0 Å². The van der Waals surface area contributed by atoms with Crippen molar-refractivity contribution >= 4 is 5.91 Å². The number of rotatable bonds is 7. The normalized spacial score (nSPS) is 14.7. The summed E-state index contributed by atoms with van der Waals surface area (Å²) in [6.45, 7) is 3.12. The molecule has 2 atom stereocenters. The predicted octanol–water partition coefficient (Wildman–Crippen LogP) is 4.11. The Kier molecular flexibility index (Phi) is 6.32. The average Bonchev–Trinajstić information content (AvgIpc) is 2.72. The van der Waals surface area contributed by atoms with Gasteiger partial charge in [-0.1, -0.05) is 43.3 Å². The van der Waals surface area contributed by atoms with E-state index in [0.717, 1.165) is 29.0 Å². The molecule has 5 heteroatoms. The monoisotopic (exact) mass is 364 g/mol. The Hall–Kier alpha value is -3.00. The minimum Gasteiger partial charge on any atom is -0.486 e. The number of carbonyl (C=O) groups is 1. The van der Waals surface area contributed by atoms with E-state index >= 15 is 0 Å². The summed E-state index contributed by atoms with van der Waals surface area (Å²) in [7, 11) is 0. The van der Waals surface area contributed by atoms with Gasteiger partial charge >= 0.3 is 0 Å². The number of nitriles is 1. The number of amides is 1. The van der Waals surface area contributed by atoms with Gasteiger partial charge in [-0.2, -0.15) is 5.26 Å². The van der Waals surface area contributed by atoms with Crippen molar-refractivity contribution in [2.75, 3.05) is 13.2 Å². The van der Waals surface area contributed by atoms with Crippen LogP contribution in [0.1, 0.15) is 49.3 Å². The van der Waals surface area contributed by atoms with Gasteiger partial charge in [-0.15, -0.1) is 0 Å². The summed E-state index contributed by atoms with van der Waals surface area (Å²) in [5.41, 5.74) is 2.01. The van der Waals surface area contributed by atoms with Gasteiger partial charge in [-0.05, 0) is 29.7 Å². The molecule has 1 aliphatic rings. The largest absolute Gasteiger partial charge is 0.486 e. The van der Waals surface area contributed by atoms with Gasteiger partial charge in [-0.3, -0.25) is 4.79 Å². The zero-order valence-electron chi connectivity index (χ0n) is 15.5. The maximum atomic E-state index is 12.7. The lowest BCUT2D eigenvalue weighted by Gasteiger charge is -2.23. The van der Waals surface area contributed by atoms with Crippen LogP contribution in [-0.4, -0.2) is 19.1 Å². The third kappa shape index (κ3) is 4.79. The number of hydrogen-bond acceptors (Lipinski definition) is 4. The summed E-state index contributed by atoms with van der Waals surface area (Å²) in [5, 5.41) is 12.2. The van der Waals surface area contributed by atoms with Crippen LogP contribution in [0.2, 0.25) is 0 Å². The summed E-state index contributed by atoms with van der Waals surface area (Å²) < 4.78 is 11.2. The minimum absolute atomic E-state index is 0.0548. The third-order valence-corrected chi connectivity index (χ3v) is 4.75. The summed E-state index contributed by atoms with van der Waals surface area (Å²) in [5.74, 6) is 1.30. The molecule has 0 saturated heterocycles. The number of benzene rings is 2. The lowest BCUT2D eigenvalue weighted by molar-refractivity contribution is -0.122. The highest BCUT2D eigenvalue weighted by Gasteiger charge is 2.20. The van der Waals surface area contributed by atoms with Crippen LogP contribution in [0.25, 0.3) is 0 Å². The van der Waals surface area contributed by atoms with Crippen molar-refractivity contribution in [2.45, 2.75) is 38.1 Å². The Bertz CT molecular complexity index is 814. The average molecular weight is 364 g/mol. The Balaban J connectivity index is 1.68. The fraction of sp³-hybridized carbons (Fsp3) is 0.364. The van der Waals surface area contributed by atoms with E-state index in [2.05, 4.69) is 11.4 Å². The fourth-order valence-electron chi connectivity index (χ4n) is 3.32. The highest BCUT2D eigenvalue weighted by molar-refractivity contribution is 5.77. The van der Waals surface area contributed by atoms with Crippen LogP contribution in [0.4, 0.5) is 0 Å². The van der Waals surface area contributed by atoms with Crippen molar-refractivity contribution in [1.82, 2.24) is 5.32 Å². The number of hydrogen-bond donors (Lipinski definition) is 1. The van der Waals surface area contributed by atoms with Crippen molar-refractivity contribution in [2.24, 2.45) is 0 Å². The van der Waals surface area contributed by atoms with Gasteiger partial charge in [0.25, 0.3) is 0 Å². The molecule has 0 fully saturated rings. The molecule has 0 bridgehead atoms.